The van der Waals surface area contributed by atoms with Crippen LogP contribution in [0, 0.1) is 11.7 Å². The molecule has 5 rings (SSSR count). The van der Waals surface area contributed by atoms with E-state index in [1.54, 1.807) is 12.1 Å². The summed E-state index contributed by atoms with van der Waals surface area (Å²) < 4.78 is 13.5. The fourth-order valence-corrected chi connectivity index (χ4v) is 4.25. The molecule has 2 aliphatic rings. The number of hydrogen-bond donors (Lipinski definition) is 0. The second kappa shape index (κ2) is 6.10. The van der Waals surface area contributed by atoms with E-state index in [4.69, 9.17) is 5.10 Å². The minimum atomic E-state index is -0.201. The summed E-state index contributed by atoms with van der Waals surface area (Å²) in [6, 6.07) is 25.8. The van der Waals surface area contributed by atoms with Gasteiger partial charge in [-0.2, -0.15) is 5.10 Å². The van der Waals surface area contributed by atoms with Gasteiger partial charge in [0.15, 0.2) is 0 Å². The Bertz CT molecular complexity index is 963. The number of fused-ring (bicyclic) bond motifs is 3. The van der Waals surface area contributed by atoms with Crippen molar-refractivity contribution in [2.75, 3.05) is 5.01 Å². The van der Waals surface area contributed by atoms with Gasteiger partial charge in [0.25, 0.3) is 0 Å². The number of aryl methyl sites for hydroxylation is 1. The number of anilines is 1. The molecule has 0 radical (unpaired) electrons. The van der Waals surface area contributed by atoms with Crippen LogP contribution in [0.5, 0.6) is 0 Å². The second-order valence-electron chi connectivity index (χ2n) is 6.96. The smallest absolute Gasteiger partial charge is 0.123 e. The second-order valence-corrected chi connectivity index (χ2v) is 6.96. The third kappa shape index (κ3) is 2.43. The molecule has 3 aromatic rings. The van der Waals surface area contributed by atoms with E-state index in [0.717, 1.165) is 29.8 Å². The van der Waals surface area contributed by atoms with E-state index in [9.17, 15) is 4.39 Å². The molecule has 2 nitrogen and oxygen atoms in total. The van der Waals surface area contributed by atoms with Crippen molar-refractivity contribution in [3.05, 3.63) is 101 Å². The first kappa shape index (κ1) is 15.3. The molecule has 0 fully saturated rings. The minimum absolute atomic E-state index is 0.0985. The van der Waals surface area contributed by atoms with Crippen molar-refractivity contribution in [3.63, 3.8) is 0 Å². The minimum Gasteiger partial charge on any atom is -0.257 e. The summed E-state index contributed by atoms with van der Waals surface area (Å²) >= 11 is 0. The molecule has 0 amide bonds. The van der Waals surface area contributed by atoms with E-state index >= 15 is 0 Å². The van der Waals surface area contributed by atoms with E-state index in [1.807, 2.05) is 30.3 Å². The molecule has 0 aromatic heterocycles. The molecule has 1 aliphatic carbocycles. The van der Waals surface area contributed by atoms with Gasteiger partial charge in [0.2, 0.25) is 0 Å². The summed E-state index contributed by atoms with van der Waals surface area (Å²) in [4.78, 5) is 0. The number of rotatable bonds is 2. The molecular formula is C23H19FN2. The Balaban J connectivity index is 1.65. The number of nitrogens with zero attached hydrogens (tertiary/aromatic N) is 2. The topological polar surface area (TPSA) is 15.6 Å². The molecule has 0 bridgehead atoms. The van der Waals surface area contributed by atoms with Gasteiger partial charge in [-0.05, 0) is 48.2 Å². The van der Waals surface area contributed by atoms with E-state index in [-0.39, 0.29) is 11.9 Å². The third-order valence-corrected chi connectivity index (χ3v) is 5.46. The zero-order chi connectivity index (χ0) is 17.5. The van der Waals surface area contributed by atoms with Gasteiger partial charge in [-0.1, -0.05) is 54.6 Å². The first-order valence-electron chi connectivity index (χ1n) is 9.08. The summed E-state index contributed by atoms with van der Waals surface area (Å²) in [6.45, 7) is 0. The van der Waals surface area contributed by atoms with Gasteiger partial charge in [-0.3, -0.25) is 5.01 Å². The Morgan fingerprint density at radius 1 is 0.846 bits per heavy atom. The van der Waals surface area contributed by atoms with E-state index < -0.39 is 0 Å². The molecule has 0 N–H and O–H groups in total. The first-order chi connectivity index (χ1) is 12.8. The van der Waals surface area contributed by atoms with Crippen molar-refractivity contribution in [2.24, 2.45) is 11.0 Å². The highest BCUT2D eigenvalue weighted by Gasteiger charge is 2.41. The summed E-state index contributed by atoms with van der Waals surface area (Å²) in [5.41, 5.74) is 5.97. The molecule has 26 heavy (non-hydrogen) atoms. The van der Waals surface area contributed by atoms with Crippen LogP contribution in [-0.4, -0.2) is 5.71 Å². The number of para-hydroxylation sites is 1. The SMILES string of the molecule is Fc1ccc([C@H]2[C@@H]3CCc4ccccc4C3=NN2c2ccccc2)cc1. The van der Waals surface area contributed by atoms with Crippen LogP contribution in [0.15, 0.2) is 84.0 Å². The molecule has 1 heterocycles. The summed E-state index contributed by atoms with van der Waals surface area (Å²) in [7, 11) is 0. The van der Waals surface area contributed by atoms with Crippen molar-refractivity contribution in [1.29, 1.82) is 0 Å². The predicted molar refractivity (Wildman–Crippen MR) is 103 cm³/mol. The zero-order valence-corrected chi connectivity index (χ0v) is 14.3. The Morgan fingerprint density at radius 3 is 2.38 bits per heavy atom. The van der Waals surface area contributed by atoms with Crippen molar-refractivity contribution in [2.45, 2.75) is 18.9 Å². The van der Waals surface area contributed by atoms with E-state index in [0.29, 0.717) is 5.92 Å². The lowest BCUT2D eigenvalue weighted by Gasteiger charge is -2.30. The number of halogens is 1. The van der Waals surface area contributed by atoms with Crippen molar-refractivity contribution in [1.82, 2.24) is 0 Å². The molecule has 128 valence electrons. The summed E-state index contributed by atoms with van der Waals surface area (Å²) in [5.74, 6) is 0.115. The quantitative estimate of drug-likeness (QED) is 0.613. The highest BCUT2D eigenvalue weighted by atomic mass is 19.1. The lowest BCUT2D eigenvalue weighted by atomic mass is 9.77. The Morgan fingerprint density at radius 2 is 1.58 bits per heavy atom. The highest BCUT2D eigenvalue weighted by molar-refractivity contribution is 6.07. The first-order valence-corrected chi connectivity index (χ1v) is 9.08. The third-order valence-electron chi connectivity index (χ3n) is 5.46. The van der Waals surface area contributed by atoms with Crippen molar-refractivity contribution >= 4 is 11.4 Å². The fourth-order valence-electron chi connectivity index (χ4n) is 4.25. The Hall–Kier alpha value is -2.94. The maximum absolute atomic E-state index is 13.5. The normalized spacial score (nSPS) is 21.1. The zero-order valence-electron chi connectivity index (χ0n) is 14.3. The van der Waals surface area contributed by atoms with Gasteiger partial charge >= 0.3 is 0 Å². The van der Waals surface area contributed by atoms with Crippen LogP contribution in [-0.2, 0) is 6.42 Å². The molecule has 0 unspecified atom stereocenters. The van der Waals surface area contributed by atoms with Crippen molar-refractivity contribution < 1.29 is 4.39 Å². The summed E-state index contributed by atoms with van der Waals surface area (Å²) in [6.07, 6.45) is 2.11. The van der Waals surface area contributed by atoms with E-state index in [1.165, 1.54) is 11.1 Å². The molecule has 2 atom stereocenters. The van der Waals surface area contributed by atoms with Gasteiger partial charge in [0.05, 0.1) is 17.4 Å². The molecule has 1 aliphatic heterocycles. The average Bonchev–Trinajstić information content (AvgIpc) is 3.09. The lowest BCUT2D eigenvalue weighted by molar-refractivity contribution is 0.509. The molecular weight excluding hydrogens is 323 g/mol. The van der Waals surface area contributed by atoms with Gasteiger partial charge in [-0.25, -0.2) is 4.39 Å². The predicted octanol–water partition coefficient (Wildman–Crippen LogP) is 5.35. The van der Waals surface area contributed by atoms with Gasteiger partial charge in [0, 0.05) is 11.5 Å². The number of benzene rings is 3. The summed E-state index contributed by atoms with van der Waals surface area (Å²) in [5, 5.41) is 7.18. The van der Waals surface area contributed by atoms with Crippen LogP contribution in [0.4, 0.5) is 10.1 Å². The molecule has 3 heteroatoms. The number of hydrazone groups is 1. The number of hydrogen-bond acceptors (Lipinski definition) is 2. The Labute approximate surface area is 152 Å². The maximum atomic E-state index is 13.5. The van der Waals surface area contributed by atoms with Crippen LogP contribution in [0.25, 0.3) is 0 Å². The van der Waals surface area contributed by atoms with Crippen LogP contribution in [0.2, 0.25) is 0 Å². The molecule has 0 saturated carbocycles. The maximum Gasteiger partial charge on any atom is 0.123 e. The van der Waals surface area contributed by atoms with E-state index in [2.05, 4.69) is 41.4 Å². The van der Waals surface area contributed by atoms with Crippen LogP contribution >= 0.6 is 0 Å². The average molecular weight is 342 g/mol. The molecule has 0 saturated heterocycles. The largest absolute Gasteiger partial charge is 0.257 e. The van der Waals surface area contributed by atoms with Crippen LogP contribution in [0.1, 0.15) is 29.2 Å². The monoisotopic (exact) mass is 342 g/mol. The molecule has 0 spiro atoms. The van der Waals surface area contributed by atoms with Gasteiger partial charge in [0.1, 0.15) is 5.82 Å². The van der Waals surface area contributed by atoms with Crippen LogP contribution in [0.3, 0.4) is 0 Å². The van der Waals surface area contributed by atoms with Crippen molar-refractivity contribution in [3.8, 4) is 0 Å². The highest BCUT2D eigenvalue weighted by Crippen LogP contribution is 2.45. The van der Waals surface area contributed by atoms with Gasteiger partial charge in [-0.15, -0.1) is 0 Å². The fraction of sp³-hybridized carbons (Fsp3) is 0.174. The molecule has 3 aromatic carbocycles. The Kier molecular flexibility index (Phi) is 3.59. The standard InChI is InChI=1S/C23H19FN2/c24-18-13-10-17(11-14-18)23-21-15-12-16-6-4-5-9-20(16)22(21)25-26(23)19-7-2-1-3-8-19/h1-11,13-14,21,23H,12,15H2/t21-,23+/m1/s1. The lowest BCUT2D eigenvalue weighted by Crippen LogP contribution is -2.28. The van der Waals surface area contributed by atoms with Crippen LogP contribution < -0.4 is 5.01 Å². The van der Waals surface area contributed by atoms with Gasteiger partial charge < -0.3 is 0 Å².